The second-order valence-electron chi connectivity index (χ2n) is 6.09. The summed E-state index contributed by atoms with van der Waals surface area (Å²) in [6.45, 7) is 4.26. The Morgan fingerprint density at radius 3 is 2.22 bits per heavy atom. The highest BCUT2D eigenvalue weighted by Crippen LogP contribution is 2.30. The van der Waals surface area contributed by atoms with E-state index >= 15 is 0 Å². The number of hydrogen-bond acceptors (Lipinski definition) is 6. The number of hydrogen-bond donors (Lipinski definition) is 0. The fourth-order valence-corrected chi connectivity index (χ4v) is 2.48. The number of amides is 2. The van der Waals surface area contributed by atoms with Crippen LogP contribution in [0, 0.1) is 5.41 Å². The molecule has 23 heavy (non-hydrogen) atoms. The molecule has 122 valence electrons. The van der Waals surface area contributed by atoms with Gasteiger partial charge in [0.15, 0.2) is 6.29 Å². The molecule has 0 spiro atoms. The van der Waals surface area contributed by atoms with Gasteiger partial charge in [0.05, 0.1) is 29.8 Å². The molecule has 0 radical (unpaired) electrons. The average Bonchev–Trinajstić information content (AvgIpc) is 3.10. The lowest BCUT2D eigenvalue weighted by Gasteiger charge is -2.26. The van der Waals surface area contributed by atoms with E-state index in [0.29, 0.717) is 18.3 Å². The molecule has 7 heteroatoms. The standard InChI is InChI=1S/C16H17NO6/c1-16(2,9-12-21-7-8-22-12)15(20)23-17-13(18)10-5-3-4-6-11(10)14(17)19/h3-6,12H,7-9H2,1-2H3. The first kappa shape index (κ1) is 15.6. The van der Waals surface area contributed by atoms with Crippen molar-refractivity contribution < 1.29 is 28.7 Å². The number of benzene rings is 1. The summed E-state index contributed by atoms with van der Waals surface area (Å²) < 4.78 is 10.6. The van der Waals surface area contributed by atoms with Crippen molar-refractivity contribution in [1.29, 1.82) is 0 Å². The van der Waals surface area contributed by atoms with Crippen molar-refractivity contribution in [2.24, 2.45) is 5.41 Å². The zero-order valence-corrected chi connectivity index (χ0v) is 12.9. The van der Waals surface area contributed by atoms with E-state index in [9.17, 15) is 14.4 Å². The summed E-state index contributed by atoms with van der Waals surface area (Å²) in [4.78, 5) is 41.8. The maximum Gasteiger partial charge on any atom is 0.338 e. The Labute approximate surface area is 133 Å². The minimum Gasteiger partial charge on any atom is -0.350 e. The van der Waals surface area contributed by atoms with Gasteiger partial charge < -0.3 is 14.3 Å². The Bertz CT molecular complexity index is 627. The molecule has 0 atom stereocenters. The smallest absolute Gasteiger partial charge is 0.338 e. The van der Waals surface area contributed by atoms with Gasteiger partial charge in [-0.05, 0) is 26.0 Å². The molecule has 1 saturated heterocycles. The molecule has 1 aromatic rings. The molecular formula is C16H17NO6. The molecule has 0 unspecified atom stereocenters. The third kappa shape index (κ3) is 2.85. The first-order chi connectivity index (χ1) is 10.9. The highest BCUT2D eigenvalue weighted by atomic mass is 16.7. The minimum absolute atomic E-state index is 0.227. The van der Waals surface area contributed by atoms with Crippen molar-refractivity contribution in [2.75, 3.05) is 13.2 Å². The predicted molar refractivity (Wildman–Crippen MR) is 77.1 cm³/mol. The van der Waals surface area contributed by atoms with E-state index in [1.54, 1.807) is 26.0 Å². The molecule has 1 fully saturated rings. The van der Waals surface area contributed by atoms with Gasteiger partial charge in [0.2, 0.25) is 0 Å². The van der Waals surface area contributed by atoms with Crippen molar-refractivity contribution in [3.63, 3.8) is 0 Å². The number of fused-ring (bicyclic) bond motifs is 1. The highest BCUT2D eigenvalue weighted by molar-refractivity contribution is 6.20. The lowest BCUT2D eigenvalue weighted by molar-refractivity contribution is -0.184. The molecule has 0 aromatic heterocycles. The molecule has 2 aliphatic heterocycles. The second-order valence-corrected chi connectivity index (χ2v) is 6.09. The van der Waals surface area contributed by atoms with E-state index < -0.39 is 29.5 Å². The first-order valence-electron chi connectivity index (χ1n) is 7.33. The van der Waals surface area contributed by atoms with Crippen LogP contribution in [0.25, 0.3) is 0 Å². The zero-order valence-electron chi connectivity index (χ0n) is 12.9. The summed E-state index contributed by atoms with van der Waals surface area (Å²) in [5.74, 6) is -1.96. The topological polar surface area (TPSA) is 82.1 Å². The number of carbonyl (C=O) groups is 3. The van der Waals surface area contributed by atoms with Crippen LogP contribution >= 0.6 is 0 Å². The van der Waals surface area contributed by atoms with E-state index in [0.717, 1.165) is 0 Å². The summed E-state index contributed by atoms with van der Waals surface area (Å²) in [7, 11) is 0. The molecule has 1 aromatic carbocycles. The molecule has 2 heterocycles. The predicted octanol–water partition coefficient (Wildman–Crippen LogP) is 1.53. The molecule has 0 N–H and O–H groups in total. The van der Waals surface area contributed by atoms with Crippen LogP contribution in [-0.2, 0) is 19.1 Å². The third-order valence-corrected chi connectivity index (χ3v) is 3.85. The van der Waals surface area contributed by atoms with E-state index in [-0.39, 0.29) is 17.5 Å². The maximum atomic E-state index is 12.4. The molecule has 0 saturated carbocycles. The number of ether oxygens (including phenoxy) is 2. The van der Waals surface area contributed by atoms with Crippen LogP contribution in [0.2, 0.25) is 0 Å². The van der Waals surface area contributed by atoms with Crippen LogP contribution in [0.5, 0.6) is 0 Å². The van der Waals surface area contributed by atoms with Gasteiger partial charge in [-0.2, -0.15) is 0 Å². The number of imide groups is 1. The Balaban J connectivity index is 1.70. The molecule has 0 bridgehead atoms. The largest absolute Gasteiger partial charge is 0.350 e. The van der Waals surface area contributed by atoms with E-state index in [1.165, 1.54) is 12.1 Å². The van der Waals surface area contributed by atoms with Crippen LogP contribution in [0.15, 0.2) is 24.3 Å². The Kier molecular flexibility index (Phi) is 3.91. The monoisotopic (exact) mass is 319 g/mol. The van der Waals surface area contributed by atoms with E-state index in [2.05, 4.69) is 0 Å². The maximum absolute atomic E-state index is 12.4. The second kappa shape index (κ2) is 5.75. The summed E-state index contributed by atoms with van der Waals surface area (Å²) >= 11 is 0. The van der Waals surface area contributed by atoms with Crippen molar-refractivity contribution in [1.82, 2.24) is 5.06 Å². The fourth-order valence-electron chi connectivity index (χ4n) is 2.48. The normalized spacial score (nSPS) is 18.4. The summed E-state index contributed by atoms with van der Waals surface area (Å²) in [5, 5.41) is 0.519. The summed E-state index contributed by atoms with van der Waals surface area (Å²) in [6, 6.07) is 6.34. The van der Waals surface area contributed by atoms with Gasteiger partial charge in [-0.15, -0.1) is 0 Å². The van der Waals surface area contributed by atoms with Gasteiger partial charge in [0.1, 0.15) is 0 Å². The lowest BCUT2D eigenvalue weighted by atomic mass is 9.89. The van der Waals surface area contributed by atoms with E-state index in [1.807, 2.05) is 0 Å². The van der Waals surface area contributed by atoms with Crippen molar-refractivity contribution in [2.45, 2.75) is 26.6 Å². The number of hydroxylamine groups is 2. The van der Waals surface area contributed by atoms with Crippen LogP contribution < -0.4 is 0 Å². The fraction of sp³-hybridized carbons (Fsp3) is 0.438. The Morgan fingerprint density at radius 2 is 1.70 bits per heavy atom. The van der Waals surface area contributed by atoms with Gasteiger partial charge in [0, 0.05) is 6.42 Å². The Morgan fingerprint density at radius 1 is 1.17 bits per heavy atom. The van der Waals surface area contributed by atoms with Crippen molar-refractivity contribution in [3.05, 3.63) is 35.4 Å². The Hall–Kier alpha value is -2.25. The molecule has 2 amide bonds. The lowest BCUT2D eigenvalue weighted by Crippen LogP contribution is -2.39. The zero-order chi connectivity index (χ0) is 16.6. The summed E-state index contributed by atoms with van der Waals surface area (Å²) in [5.41, 5.74) is -0.513. The minimum atomic E-state index is -0.968. The van der Waals surface area contributed by atoms with Crippen LogP contribution in [0.4, 0.5) is 0 Å². The van der Waals surface area contributed by atoms with Gasteiger partial charge in [-0.1, -0.05) is 17.2 Å². The van der Waals surface area contributed by atoms with Gasteiger partial charge in [-0.3, -0.25) is 9.59 Å². The molecule has 0 aliphatic carbocycles. The van der Waals surface area contributed by atoms with E-state index in [4.69, 9.17) is 14.3 Å². The van der Waals surface area contributed by atoms with Crippen molar-refractivity contribution >= 4 is 17.8 Å². The van der Waals surface area contributed by atoms with Gasteiger partial charge >= 0.3 is 5.97 Å². The van der Waals surface area contributed by atoms with Gasteiger partial charge in [0.25, 0.3) is 11.8 Å². The van der Waals surface area contributed by atoms with Crippen LogP contribution in [0.1, 0.15) is 41.0 Å². The molecule has 2 aliphatic rings. The first-order valence-corrected chi connectivity index (χ1v) is 7.33. The molecule has 7 nitrogen and oxygen atoms in total. The number of rotatable bonds is 4. The summed E-state index contributed by atoms with van der Waals surface area (Å²) in [6.07, 6.45) is -0.214. The van der Waals surface area contributed by atoms with Crippen LogP contribution in [-0.4, -0.2) is 42.4 Å². The number of carbonyl (C=O) groups excluding carboxylic acids is 3. The average molecular weight is 319 g/mol. The quantitative estimate of drug-likeness (QED) is 0.783. The third-order valence-electron chi connectivity index (χ3n) is 3.85. The van der Waals surface area contributed by atoms with Crippen LogP contribution in [0.3, 0.4) is 0 Å². The van der Waals surface area contributed by atoms with Gasteiger partial charge in [-0.25, -0.2) is 4.79 Å². The SMILES string of the molecule is CC(C)(CC1OCCO1)C(=O)ON1C(=O)c2ccccc2C1=O. The molecule has 3 rings (SSSR count). The number of nitrogens with zero attached hydrogens (tertiary/aromatic N) is 1. The highest BCUT2D eigenvalue weighted by Gasteiger charge is 2.42. The van der Waals surface area contributed by atoms with Crippen molar-refractivity contribution in [3.8, 4) is 0 Å². The molecular weight excluding hydrogens is 302 g/mol.